The Morgan fingerprint density at radius 2 is 1.93 bits per heavy atom. The zero-order valence-corrected chi connectivity index (χ0v) is 27.0. The number of halogens is 1. The largest absolute Gasteiger partial charge is 0.357 e. The third-order valence-electron chi connectivity index (χ3n) is 7.05. The van der Waals surface area contributed by atoms with E-state index in [4.69, 9.17) is 4.98 Å². The van der Waals surface area contributed by atoms with Crippen molar-refractivity contribution < 1.29 is 4.39 Å². The standard InChI is InChI=1S/C35H39FN8S/c1-22(27-17-29(20-37-19-27)39-23(2)21-44(4)5)12-13-31-24(3)33(43-42-31)35-40-32-11-9-10-30(34(32)41-35)26-14-25(15-28(36)16-26)18-38-45(6,7)8/h9-17,19-20,38-39,42H,2-3,6-7,18,21H2,1,4-5,8H3,(H,40,41)/b22-12+,31-13+. The van der Waals surface area contributed by atoms with Crippen molar-refractivity contribution in [2.24, 2.45) is 0 Å². The number of para-hydroxylation sites is 1. The molecule has 5 rings (SSSR count). The van der Waals surface area contributed by atoms with E-state index in [0.717, 1.165) is 62.1 Å². The highest BCUT2D eigenvalue weighted by Crippen LogP contribution is 2.30. The van der Waals surface area contributed by atoms with Gasteiger partial charge in [-0.2, -0.15) is 14.5 Å². The Balaban J connectivity index is 1.43. The zero-order chi connectivity index (χ0) is 32.3. The van der Waals surface area contributed by atoms with Crippen molar-refractivity contribution in [3.63, 3.8) is 0 Å². The number of hydrogen-bond acceptors (Lipinski definition) is 6. The van der Waals surface area contributed by atoms with Crippen LogP contribution in [0, 0.1) is 5.82 Å². The molecule has 0 aliphatic carbocycles. The fourth-order valence-electron chi connectivity index (χ4n) is 4.91. The molecule has 0 atom stereocenters. The highest BCUT2D eigenvalue weighted by atomic mass is 32.2. The van der Waals surface area contributed by atoms with Crippen molar-refractivity contribution in [2.75, 3.05) is 32.2 Å². The first-order chi connectivity index (χ1) is 21.4. The number of rotatable bonds is 11. The molecule has 5 aromatic rings. The summed E-state index contributed by atoms with van der Waals surface area (Å²) in [5, 5.41) is 12.4. The number of nitrogens with zero attached hydrogens (tertiary/aromatic N) is 4. The SMILES string of the molecule is C=C(CN(C)C)Nc1cncc(/C(C)=C/C=c2/[nH]nc(-c3nc4c(-c5cc(F)cc(CNS(=C)(=C)C)c5)cccc4[nH]3)c2=C)c1. The number of benzene rings is 2. The van der Waals surface area contributed by atoms with Gasteiger partial charge in [-0.3, -0.25) is 14.8 Å². The number of imidazole rings is 1. The lowest BCUT2D eigenvalue weighted by Crippen LogP contribution is -2.21. The molecule has 3 heterocycles. The highest BCUT2D eigenvalue weighted by Gasteiger charge is 2.14. The lowest BCUT2D eigenvalue weighted by atomic mass is 10.0. The fourth-order valence-corrected chi connectivity index (χ4v) is 5.42. The fraction of sp³-hybridized carbons (Fsp3) is 0.171. The van der Waals surface area contributed by atoms with E-state index in [1.807, 2.05) is 76.0 Å². The molecule has 2 aromatic carbocycles. The van der Waals surface area contributed by atoms with Crippen LogP contribution in [0.2, 0.25) is 0 Å². The predicted octanol–water partition coefficient (Wildman–Crippen LogP) is 5.24. The van der Waals surface area contributed by atoms with E-state index in [1.165, 1.54) is 12.1 Å². The van der Waals surface area contributed by atoms with Crippen LogP contribution in [0.1, 0.15) is 18.1 Å². The topological polar surface area (TPSA) is 97.6 Å². The molecule has 0 saturated heterocycles. The first-order valence-corrected chi connectivity index (χ1v) is 16.7. The van der Waals surface area contributed by atoms with E-state index in [2.05, 4.69) is 60.0 Å². The number of nitrogens with one attached hydrogen (secondary N) is 4. The molecule has 8 nitrogen and oxygen atoms in total. The first kappa shape index (κ1) is 31.6. The summed E-state index contributed by atoms with van der Waals surface area (Å²) in [5.41, 5.74) is 8.29. The molecular weight excluding hydrogens is 584 g/mol. The van der Waals surface area contributed by atoms with Crippen molar-refractivity contribution in [2.45, 2.75) is 13.5 Å². The Hall–Kier alpha value is -4.77. The van der Waals surface area contributed by atoms with Gasteiger partial charge in [0, 0.05) is 35.8 Å². The zero-order valence-electron chi connectivity index (χ0n) is 26.2. The van der Waals surface area contributed by atoms with Crippen LogP contribution in [0.25, 0.3) is 51.9 Å². The maximum Gasteiger partial charge on any atom is 0.159 e. The summed E-state index contributed by atoms with van der Waals surface area (Å²) in [5.74, 6) is 8.36. The van der Waals surface area contributed by atoms with Crippen LogP contribution < -0.4 is 20.6 Å². The summed E-state index contributed by atoms with van der Waals surface area (Å²) in [6.07, 6.45) is 9.50. The number of aromatic amines is 2. The molecule has 0 saturated carbocycles. The number of likely N-dealkylation sites (N-methyl/N-ethyl adjacent to an activating group) is 1. The number of hydrogen-bond donors (Lipinski definition) is 4. The van der Waals surface area contributed by atoms with E-state index in [1.54, 1.807) is 6.20 Å². The van der Waals surface area contributed by atoms with E-state index in [-0.39, 0.29) is 5.82 Å². The van der Waals surface area contributed by atoms with Gasteiger partial charge in [0.05, 0.1) is 28.3 Å². The number of pyridine rings is 1. The Bertz CT molecular complexity index is 2140. The van der Waals surface area contributed by atoms with E-state index in [0.29, 0.717) is 23.3 Å². The summed E-state index contributed by atoms with van der Waals surface area (Å²) in [6.45, 7) is 11.6. The molecule has 3 aromatic heterocycles. The molecule has 0 radical (unpaired) electrons. The molecule has 0 bridgehead atoms. The first-order valence-electron chi connectivity index (χ1n) is 14.3. The van der Waals surface area contributed by atoms with Crippen molar-refractivity contribution in [1.29, 1.82) is 0 Å². The van der Waals surface area contributed by atoms with Gasteiger partial charge in [0.1, 0.15) is 11.5 Å². The molecule has 232 valence electrons. The van der Waals surface area contributed by atoms with Gasteiger partial charge in [-0.15, -0.1) is 0 Å². The van der Waals surface area contributed by atoms with Crippen LogP contribution in [0.5, 0.6) is 0 Å². The molecule has 0 amide bonds. The minimum atomic E-state index is -1.43. The van der Waals surface area contributed by atoms with E-state index >= 15 is 0 Å². The smallest absolute Gasteiger partial charge is 0.159 e. The third-order valence-corrected chi connectivity index (χ3v) is 7.89. The van der Waals surface area contributed by atoms with Gasteiger partial charge in [0.15, 0.2) is 5.82 Å². The van der Waals surface area contributed by atoms with Gasteiger partial charge >= 0.3 is 0 Å². The van der Waals surface area contributed by atoms with Gasteiger partial charge in [0.25, 0.3) is 0 Å². The monoisotopic (exact) mass is 622 g/mol. The van der Waals surface area contributed by atoms with Crippen LogP contribution in [-0.2, 0) is 6.54 Å². The second-order valence-electron chi connectivity index (χ2n) is 11.6. The number of allylic oxidation sites excluding steroid dienone is 2. The van der Waals surface area contributed by atoms with Gasteiger partial charge in [0.2, 0.25) is 0 Å². The van der Waals surface area contributed by atoms with Crippen molar-refractivity contribution >= 4 is 56.1 Å². The van der Waals surface area contributed by atoms with Crippen LogP contribution in [0.3, 0.4) is 0 Å². The normalized spacial score (nSPS) is 12.8. The summed E-state index contributed by atoms with van der Waals surface area (Å²) in [7, 11) is 2.57. The number of H-pyrrole nitrogens is 2. The van der Waals surface area contributed by atoms with Gasteiger partial charge < -0.3 is 15.2 Å². The maximum atomic E-state index is 14.7. The van der Waals surface area contributed by atoms with Crippen molar-refractivity contribution in [3.05, 3.63) is 101 Å². The molecule has 10 heteroatoms. The van der Waals surface area contributed by atoms with Crippen LogP contribution in [0.15, 0.2) is 73.2 Å². The second-order valence-corrected chi connectivity index (χ2v) is 14.5. The van der Waals surface area contributed by atoms with Crippen molar-refractivity contribution in [1.82, 2.24) is 34.8 Å². The Kier molecular flexibility index (Phi) is 9.19. The number of anilines is 1. The van der Waals surface area contributed by atoms with Crippen LogP contribution >= 0.6 is 9.39 Å². The molecule has 4 N–H and O–H groups in total. The Morgan fingerprint density at radius 3 is 2.69 bits per heavy atom. The van der Waals surface area contributed by atoms with E-state index in [9.17, 15) is 4.39 Å². The molecule has 0 spiro atoms. The Labute approximate surface area is 263 Å². The quantitative estimate of drug-likeness (QED) is 0.151. The van der Waals surface area contributed by atoms with Gasteiger partial charge in [-0.05, 0) is 85.9 Å². The maximum absolute atomic E-state index is 14.7. The lowest BCUT2D eigenvalue weighted by Gasteiger charge is -2.14. The minimum absolute atomic E-state index is 0.314. The van der Waals surface area contributed by atoms with E-state index < -0.39 is 9.39 Å². The molecule has 45 heavy (non-hydrogen) atoms. The molecule has 0 aliphatic heterocycles. The molecule has 0 aliphatic rings. The van der Waals surface area contributed by atoms with Gasteiger partial charge in [-0.25, -0.2) is 9.37 Å². The predicted molar refractivity (Wildman–Crippen MR) is 192 cm³/mol. The number of aromatic nitrogens is 5. The average molecular weight is 623 g/mol. The summed E-state index contributed by atoms with van der Waals surface area (Å²) in [6, 6.07) is 12.9. The molecular formula is C35H39FN8S. The third kappa shape index (κ3) is 7.85. The summed E-state index contributed by atoms with van der Waals surface area (Å²) < 4.78 is 18.0. The number of fused-ring (bicyclic) bond motifs is 1. The minimum Gasteiger partial charge on any atom is -0.357 e. The average Bonchev–Trinajstić information content (AvgIpc) is 3.56. The molecule has 0 fully saturated rings. The van der Waals surface area contributed by atoms with Crippen LogP contribution in [0.4, 0.5) is 10.1 Å². The second kappa shape index (κ2) is 13.1. The molecule has 0 unspecified atom stereocenters. The van der Waals surface area contributed by atoms with Crippen molar-refractivity contribution in [3.8, 4) is 22.6 Å². The van der Waals surface area contributed by atoms with Gasteiger partial charge in [-0.1, -0.05) is 43.1 Å². The summed E-state index contributed by atoms with van der Waals surface area (Å²) >= 11 is 0. The van der Waals surface area contributed by atoms with Crippen LogP contribution in [-0.4, -0.2) is 68.7 Å². The lowest BCUT2D eigenvalue weighted by molar-refractivity contribution is 0.447. The highest BCUT2D eigenvalue weighted by molar-refractivity contribution is 8.25. The summed E-state index contributed by atoms with van der Waals surface area (Å²) in [4.78, 5) is 14.7. The Morgan fingerprint density at radius 1 is 1.13 bits per heavy atom.